The lowest BCUT2D eigenvalue weighted by Crippen LogP contribution is -2.35. The second-order valence-electron chi connectivity index (χ2n) is 7.18. The van der Waals surface area contributed by atoms with E-state index in [0.29, 0.717) is 15.4 Å². The average Bonchev–Trinajstić information content (AvgIpc) is 2.91. The SMILES string of the molecule is CCOC(=O)c1cc2cc(F)cc(Br)c2n1[C@H](C)CNC(=O)OC(C)(C)C. The van der Waals surface area contributed by atoms with Gasteiger partial charge in [-0.25, -0.2) is 14.0 Å². The number of aromatic nitrogens is 1. The van der Waals surface area contributed by atoms with Gasteiger partial charge in [-0.15, -0.1) is 0 Å². The van der Waals surface area contributed by atoms with Gasteiger partial charge >= 0.3 is 12.1 Å². The number of halogens is 2. The van der Waals surface area contributed by atoms with Gasteiger partial charge in [-0.2, -0.15) is 0 Å². The van der Waals surface area contributed by atoms with Gasteiger partial charge in [0.2, 0.25) is 0 Å². The molecule has 0 aliphatic heterocycles. The van der Waals surface area contributed by atoms with Crippen molar-refractivity contribution in [3.63, 3.8) is 0 Å². The van der Waals surface area contributed by atoms with E-state index in [4.69, 9.17) is 9.47 Å². The van der Waals surface area contributed by atoms with Crippen molar-refractivity contribution in [1.29, 1.82) is 0 Å². The lowest BCUT2D eigenvalue weighted by Gasteiger charge is -2.22. The number of rotatable bonds is 5. The van der Waals surface area contributed by atoms with Gasteiger partial charge in [0, 0.05) is 22.4 Å². The second-order valence-corrected chi connectivity index (χ2v) is 8.03. The van der Waals surface area contributed by atoms with Crippen molar-refractivity contribution in [2.75, 3.05) is 13.2 Å². The van der Waals surface area contributed by atoms with E-state index < -0.39 is 23.5 Å². The normalized spacial score (nSPS) is 12.7. The summed E-state index contributed by atoms with van der Waals surface area (Å²) in [6, 6.07) is 3.97. The quantitative estimate of drug-likeness (QED) is 0.674. The monoisotopic (exact) mass is 442 g/mol. The molecule has 1 heterocycles. The second kappa shape index (κ2) is 8.29. The minimum Gasteiger partial charge on any atom is -0.461 e. The van der Waals surface area contributed by atoms with Crippen LogP contribution in [0.2, 0.25) is 0 Å². The number of carbonyl (C=O) groups is 2. The highest BCUT2D eigenvalue weighted by Crippen LogP contribution is 2.32. The molecule has 1 amide bonds. The molecule has 0 fully saturated rings. The number of fused-ring (bicyclic) bond motifs is 1. The Hall–Kier alpha value is -2.09. The van der Waals surface area contributed by atoms with Crippen LogP contribution >= 0.6 is 15.9 Å². The first-order valence-corrected chi connectivity index (χ1v) is 9.46. The summed E-state index contributed by atoms with van der Waals surface area (Å²) >= 11 is 3.36. The van der Waals surface area contributed by atoms with Crippen molar-refractivity contribution < 1.29 is 23.5 Å². The summed E-state index contributed by atoms with van der Waals surface area (Å²) in [5, 5.41) is 3.26. The number of hydrogen-bond acceptors (Lipinski definition) is 4. The van der Waals surface area contributed by atoms with E-state index in [0.717, 1.165) is 0 Å². The zero-order chi connectivity index (χ0) is 20.4. The van der Waals surface area contributed by atoms with Gasteiger partial charge in [-0.3, -0.25) is 0 Å². The first kappa shape index (κ1) is 21.2. The fourth-order valence-electron chi connectivity index (χ4n) is 2.74. The Morgan fingerprint density at radius 1 is 1.30 bits per heavy atom. The first-order valence-electron chi connectivity index (χ1n) is 8.67. The molecular weight excluding hydrogens is 419 g/mol. The van der Waals surface area contributed by atoms with Gasteiger partial charge in [-0.1, -0.05) is 0 Å². The van der Waals surface area contributed by atoms with Crippen molar-refractivity contribution in [1.82, 2.24) is 9.88 Å². The maximum Gasteiger partial charge on any atom is 0.407 e. The molecular formula is C19H24BrFN2O4. The predicted molar refractivity (Wildman–Crippen MR) is 105 cm³/mol. The van der Waals surface area contributed by atoms with Crippen molar-refractivity contribution in [2.24, 2.45) is 0 Å². The topological polar surface area (TPSA) is 69.6 Å². The van der Waals surface area contributed by atoms with Crippen LogP contribution in [0.25, 0.3) is 10.9 Å². The van der Waals surface area contributed by atoms with Gasteiger partial charge in [0.25, 0.3) is 0 Å². The minimum absolute atomic E-state index is 0.217. The standard InChI is InChI=1S/C19H24BrFN2O4/c1-6-26-17(24)15-8-12-7-13(21)9-14(20)16(12)23(15)11(2)10-22-18(25)27-19(3,4)5/h7-9,11H,6,10H2,1-5H3,(H,22,25)/t11-/m1/s1. The van der Waals surface area contributed by atoms with Gasteiger partial charge in [0.15, 0.2) is 0 Å². The number of amides is 1. The molecule has 1 aromatic carbocycles. The Morgan fingerprint density at radius 3 is 2.56 bits per heavy atom. The summed E-state index contributed by atoms with van der Waals surface area (Å²) in [6.07, 6.45) is -0.548. The third-order valence-corrected chi connectivity index (χ3v) is 4.32. The van der Waals surface area contributed by atoms with E-state index in [-0.39, 0.29) is 24.9 Å². The van der Waals surface area contributed by atoms with Crippen LogP contribution in [0.3, 0.4) is 0 Å². The van der Waals surface area contributed by atoms with E-state index in [9.17, 15) is 14.0 Å². The van der Waals surface area contributed by atoms with Crippen molar-refractivity contribution in [2.45, 2.75) is 46.3 Å². The predicted octanol–water partition coefficient (Wildman–Crippen LogP) is 4.81. The molecule has 27 heavy (non-hydrogen) atoms. The number of esters is 1. The largest absolute Gasteiger partial charge is 0.461 e. The number of benzene rings is 1. The van der Waals surface area contributed by atoms with Crippen molar-refractivity contribution >= 4 is 38.9 Å². The lowest BCUT2D eigenvalue weighted by atomic mass is 10.2. The van der Waals surface area contributed by atoms with Crippen molar-refractivity contribution in [3.05, 3.63) is 34.2 Å². The molecule has 148 valence electrons. The van der Waals surface area contributed by atoms with Crippen LogP contribution in [-0.2, 0) is 9.47 Å². The average molecular weight is 443 g/mol. The summed E-state index contributed by atoms with van der Waals surface area (Å²) in [4.78, 5) is 24.3. The van der Waals surface area contributed by atoms with Crippen LogP contribution in [0.4, 0.5) is 9.18 Å². The highest BCUT2D eigenvalue weighted by molar-refractivity contribution is 9.10. The smallest absolute Gasteiger partial charge is 0.407 e. The molecule has 0 saturated carbocycles. The molecule has 1 atom stereocenters. The molecule has 0 aliphatic rings. The molecule has 0 radical (unpaired) electrons. The van der Waals surface area contributed by atoms with Crippen LogP contribution < -0.4 is 5.32 Å². The third kappa shape index (κ3) is 5.22. The van der Waals surface area contributed by atoms with E-state index in [1.54, 1.807) is 38.3 Å². The maximum atomic E-state index is 13.8. The number of nitrogens with zero attached hydrogens (tertiary/aromatic N) is 1. The van der Waals surface area contributed by atoms with Gasteiger partial charge in [-0.05, 0) is 68.7 Å². The molecule has 2 rings (SSSR count). The van der Waals surface area contributed by atoms with Gasteiger partial charge < -0.3 is 19.4 Å². The van der Waals surface area contributed by atoms with Crippen LogP contribution in [0, 0.1) is 5.82 Å². The van der Waals surface area contributed by atoms with Gasteiger partial charge in [0.05, 0.1) is 12.1 Å². The fourth-order valence-corrected chi connectivity index (χ4v) is 3.38. The first-order chi connectivity index (χ1) is 12.5. The highest BCUT2D eigenvalue weighted by atomic mass is 79.9. The maximum absolute atomic E-state index is 13.8. The molecule has 8 heteroatoms. The summed E-state index contributed by atoms with van der Waals surface area (Å²) in [7, 11) is 0. The Balaban J connectivity index is 2.38. The Labute approximate surface area is 166 Å². The number of ether oxygens (including phenoxy) is 2. The minimum atomic E-state index is -0.607. The summed E-state index contributed by atoms with van der Waals surface area (Å²) in [6.45, 7) is 9.33. The van der Waals surface area contributed by atoms with Crippen LogP contribution in [0.1, 0.15) is 51.1 Å². The molecule has 0 saturated heterocycles. The zero-order valence-corrected chi connectivity index (χ0v) is 17.6. The van der Waals surface area contributed by atoms with Gasteiger partial charge in [0.1, 0.15) is 17.1 Å². The Bertz CT molecular complexity index is 857. The third-order valence-electron chi connectivity index (χ3n) is 3.72. The Kier molecular flexibility index (Phi) is 6.51. The molecule has 1 aromatic heterocycles. The van der Waals surface area contributed by atoms with Crippen LogP contribution in [-0.4, -0.2) is 35.4 Å². The molecule has 0 spiro atoms. The molecule has 1 N–H and O–H groups in total. The number of hydrogen-bond donors (Lipinski definition) is 1. The van der Waals surface area contributed by atoms with E-state index in [2.05, 4.69) is 21.2 Å². The fraction of sp³-hybridized carbons (Fsp3) is 0.474. The lowest BCUT2D eigenvalue weighted by molar-refractivity contribution is 0.0512. The molecule has 6 nitrogen and oxygen atoms in total. The number of nitrogens with one attached hydrogen (secondary N) is 1. The molecule has 0 bridgehead atoms. The number of carbonyl (C=O) groups excluding carboxylic acids is 2. The van der Waals surface area contributed by atoms with E-state index >= 15 is 0 Å². The zero-order valence-electron chi connectivity index (χ0n) is 16.1. The highest BCUT2D eigenvalue weighted by Gasteiger charge is 2.23. The van der Waals surface area contributed by atoms with E-state index in [1.165, 1.54) is 12.1 Å². The van der Waals surface area contributed by atoms with Crippen LogP contribution in [0.15, 0.2) is 22.7 Å². The summed E-state index contributed by atoms with van der Waals surface area (Å²) < 4.78 is 26.4. The summed E-state index contributed by atoms with van der Waals surface area (Å²) in [5.74, 6) is -0.924. The van der Waals surface area contributed by atoms with E-state index in [1.807, 2.05) is 6.92 Å². The van der Waals surface area contributed by atoms with Crippen LogP contribution in [0.5, 0.6) is 0 Å². The molecule has 0 aliphatic carbocycles. The molecule has 0 unspecified atom stereocenters. The molecule has 2 aromatic rings. The number of alkyl carbamates (subject to hydrolysis) is 1. The Morgan fingerprint density at radius 2 is 1.96 bits per heavy atom. The van der Waals surface area contributed by atoms with Crippen molar-refractivity contribution in [3.8, 4) is 0 Å². The summed E-state index contributed by atoms with van der Waals surface area (Å²) in [5.41, 5.74) is 0.332.